The summed E-state index contributed by atoms with van der Waals surface area (Å²) < 4.78 is 9.17. The number of nitrogens with one attached hydrogen (secondary N) is 2. The molecule has 0 heterocycles. The van der Waals surface area contributed by atoms with Crippen molar-refractivity contribution in [1.82, 2.24) is 5.32 Å². The molecule has 0 aliphatic rings. The van der Waals surface area contributed by atoms with Crippen LogP contribution in [0.2, 0.25) is 0 Å². The number of carbonyl (C=O) groups excluding carboxylic acids is 3. The Hall–Kier alpha value is -2.83. The molecule has 0 spiro atoms. The van der Waals surface area contributed by atoms with Crippen LogP contribution >= 0.6 is 0 Å². The maximum Gasteiger partial charge on any atom is 0.354 e. The van der Waals surface area contributed by atoms with Crippen LogP contribution in [0, 0.1) is 12.8 Å². The second-order valence-corrected chi connectivity index (χ2v) is 5.83. The lowest BCUT2D eigenvalue weighted by molar-refractivity contribution is -0.138. The van der Waals surface area contributed by atoms with E-state index in [1.54, 1.807) is 25.1 Å². The normalized spacial score (nSPS) is 11.0. The van der Waals surface area contributed by atoms with Crippen LogP contribution < -0.4 is 10.6 Å². The van der Waals surface area contributed by atoms with E-state index in [1.165, 1.54) is 14.2 Å². The van der Waals surface area contributed by atoms with E-state index in [0.717, 1.165) is 11.6 Å². The van der Waals surface area contributed by atoms with Crippen molar-refractivity contribution in [3.8, 4) is 0 Å². The first-order chi connectivity index (χ1) is 11.8. The molecule has 0 aromatic heterocycles. The first-order valence-corrected chi connectivity index (χ1v) is 7.82. The van der Waals surface area contributed by atoms with Crippen LogP contribution in [0.5, 0.6) is 0 Å². The molecule has 1 aromatic carbocycles. The predicted molar refractivity (Wildman–Crippen MR) is 94.1 cm³/mol. The van der Waals surface area contributed by atoms with E-state index in [4.69, 9.17) is 0 Å². The summed E-state index contributed by atoms with van der Waals surface area (Å²) in [7, 11) is 2.42. The molecule has 0 saturated heterocycles. The standard InChI is InChI=1S/C18H24N2O5/c1-11(2)10-19-17(22)13-6-7-14(12(3)8-13)20-15(18(23)25-5)9-16(21)24-4/h6-9,11,20H,10H2,1-5H3,(H,19,22)/b15-9+. The van der Waals surface area contributed by atoms with Crippen molar-refractivity contribution in [1.29, 1.82) is 0 Å². The van der Waals surface area contributed by atoms with Gasteiger partial charge in [0.15, 0.2) is 0 Å². The van der Waals surface area contributed by atoms with Crippen molar-refractivity contribution >= 4 is 23.5 Å². The minimum absolute atomic E-state index is 0.0607. The van der Waals surface area contributed by atoms with Gasteiger partial charge in [-0.25, -0.2) is 9.59 Å². The Labute approximate surface area is 147 Å². The van der Waals surface area contributed by atoms with Crippen LogP contribution in [0.4, 0.5) is 5.69 Å². The predicted octanol–water partition coefficient (Wildman–Crippen LogP) is 2.02. The molecule has 25 heavy (non-hydrogen) atoms. The zero-order valence-corrected chi connectivity index (χ0v) is 15.1. The number of rotatable bonds is 7. The number of carbonyl (C=O) groups is 3. The van der Waals surface area contributed by atoms with Crippen LogP contribution in [0.1, 0.15) is 29.8 Å². The zero-order valence-electron chi connectivity index (χ0n) is 15.1. The number of anilines is 1. The summed E-state index contributed by atoms with van der Waals surface area (Å²) in [6, 6.07) is 5.00. The minimum atomic E-state index is -0.705. The van der Waals surface area contributed by atoms with Crippen LogP contribution in [-0.4, -0.2) is 38.6 Å². The van der Waals surface area contributed by atoms with Gasteiger partial charge in [-0.1, -0.05) is 13.8 Å². The largest absolute Gasteiger partial charge is 0.466 e. The third-order valence-electron chi connectivity index (χ3n) is 3.30. The molecule has 0 aliphatic heterocycles. The average Bonchev–Trinajstić information content (AvgIpc) is 2.59. The van der Waals surface area contributed by atoms with E-state index in [2.05, 4.69) is 20.1 Å². The lowest BCUT2D eigenvalue weighted by atomic mass is 10.1. The molecule has 0 radical (unpaired) electrons. The van der Waals surface area contributed by atoms with Crippen LogP contribution in [0.25, 0.3) is 0 Å². The van der Waals surface area contributed by atoms with Crippen molar-refractivity contribution in [2.24, 2.45) is 5.92 Å². The van der Waals surface area contributed by atoms with Gasteiger partial charge in [0.25, 0.3) is 5.91 Å². The molecule has 0 aliphatic carbocycles. The van der Waals surface area contributed by atoms with Gasteiger partial charge in [0.2, 0.25) is 0 Å². The third kappa shape index (κ3) is 6.29. The fourth-order valence-electron chi connectivity index (χ4n) is 1.92. The second-order valence-electron chi connectivity index (χ2n) is 5.83. The molecule has 1 rings (SSSR count). The first-order valence-electron chi connectivity index (χ1n) is 7.82. The van der Waals surface area contributed by atoms with Gasteiger partial charge < -0.3 is 20.1 Å². The van der Waals surface area contributed by atoms with Crippen molar-refractivity contribution in [2.45, 2.75) is 20.8 Å². The lowest BCUT2D eigenvalue weighted by Crippen LogP contribution is -2.27. The highest BCUT2D eigenvalue weighted by molar-refractivity contribution is 5.99. The molecular formula is C18H24N2O5. The number of hydrogen-bond donors (Lipinski definition) is 2. The molecule has 136 valence electrons. The van der Waals surface area contributed by atoms with Crippen molar-refractivity contribution in [3.63, 3.8) is 0 Å². The number of esters is 2. The molecule has 1 amide bonds. The molecule has 0 saturated carbocycles. The SMILES string of the molecule is COC(=O)/C=C(/Nc1ccc(C(=O)NCC(C)C)cc1C)C(=O)OC. The lowest BCUT2D eigenvalue weighted by Gasteiger charge is -2.13. The molecular weight excluding hydrogens is 324 g/mol. The molecule has 0 atom stereocenters. The van der Waals surface area contributed by atoms with E-state index < -0.39 is 11.9 Å². The molecule has 7 heteroatoms. The molecule has 1 aromatic rings. The Bertz CT molecular complexity index is 680. The number of ether oxygens (including phenoxy) is 2. The molecule has 0 unspecified atom stereocenters. The monoisotopic (exact) mass is 348 g/mol. The topological polar surface area (TPSA) is 93.7 Å². The Morgan fingerprint density at radius 2 is 1.84 bits per heavy atom. The van der Waals surface area contributed by atoms with Gasteiger partial charge in [0.1, 0.15) is 5.70 Å². The van der Waals surface area contributed by atoms with Gasteiger partial charge in [-0.2, -0.15) is 0 Å². The third-order valence-corrected chi connectivity index (χ3v) is 3.30. The van der Waals surface area contributed by atoms with Crippen molar-refractivity contribution in [3.05, 3.63) is 41.1 Å². The number of aryl methyl sites for hydroxylation is 1. The number of amides is 1. The first kappa shape index (κ1) is 20.2. The summed E-state index contributed by atoms with van der Waals surface area (Å²) in [5.41, 5.74) is 1.76. The highest BCUT2D eigenvalue weighted by Crippen LogP contribution is 2.19. The highest BCUT2D eigenvalue weighted by atomic mass is 16.5. The Morgan fingerprint density at radius 3 is 2.36 bits per heavy atom. The fraction of sp³-hybridized carbons (Fsp3) is 0.389. The van der Waals surface area contributed by atoms with Gasteiger partial charge in [-0.05, 0) is 36.6 Å². The van der Waals surface area contributed by atoms with Crippen molar-refractivity contribution in [2.75, 3.05) is 26.1 Å². The number of methoxy groups -OCH3 is 2. The van der Waals surface area contributed by atoms with Crippen LogP contribution in [0.3, 0.4) is 0 Å². The Balaban J connectivity index is 2.98. The molecule has 2 N–H and O–H groups in total. The maximum absolute atomic E-state index is 12.1. The van der Waals surface area contributed by atoms with Gasteiger partial charge in [-0.15, -0.1) is 0 Å². The molecule has 7 nitrogen and oxygen atoms in total. The van der Waals surface area contributed by atoms with E-state index in [9.17, 15) is 14.4 Å². The van der Waals surface area contributed by atoms with Gasteiger partial charge >= 0.3 is 11.9 Å². The van der Waals surface area contributed by atoms with E-state index in [1.807, 2.05) is 13.8 Å². The smallest absolute Gasteiger partial charge is 0.354 e. The summed E-state index contributed by atoms with van der Waals surface area (Å²) in [5.74, 6) is -1.20. The number of hydrogen-bond acceptors (Lipinski definition) is 6. The molecule has 0 bridgehead atoms. The second kappa shape index (κ2) is 9.46. The Kier molecular flexibility index (Phi) is 7.65. The summed E-state index contributed by atoms with van der Waals surface area (Å²) >= 11 is 0. The van der Waals surface area contributed by atoms with E-state index in [0.29, 0.717) is 23.7 Å². The Morgan fingerprint density at radius 1 is 1.16 bits per heavy atom. The van der Waals surface area contributed by atoms with E-state index >= 15 is 0 Å². The fourth-order valence-corrected chi connectivity index (χ4v) is 1.92. The van der Waals surface area contributed by atoms with E-state index in [-0.39, 0.29) is 11.6 Å². The average molecular weight is 348 g/mol. The van der Waals surface area contributed by atoms with Gasteiger partial charge in [0, 0.05) is 17.8 Å². The van der Waals surface area contributed by atoms with Crippen molar-refractivity contribution < 1.29 is 23.9 Å². The summed E-state index contributed by atoms with van der Waals surface area (Å²) in [5, 5.41) is 5.67. The molecule has 0 fully saturated rings. The van der Waals surface area contributed by atoms with Crippen LogP contribution in [0.15, 0.2) is 30.0 Å². The van der Waals surface area contributed by atoms with Gasteiger partial charge in [0.05, 0.1) is 20.3 Å². The van der Waals surface area contributed by atoms with Gasteiger partial charge in [-0.3, -0.25) is 4.79 Å². The summed E-state index contributed by atoms with van der Waals surface area (Å²) in [4.78, 5) is 35.3. The zero-order chi connectivity index (χ0) is 19.0. The summed E-state index contributed by atoms with van der Waals surface area (Å²) in [6.45, 7) is 6.40. The quantitative estimate of drug-likeness (QED) is 0.578. The number of benzene rings is 1. The maximum atomic E-state index is 12.1. The minimum Gasteiger partial charge on any atom is -0.466 e. The summed E-state index contributed by atoms with van der Waals surface area (Å²) in [6.07, 6.45) is 1.01. The van der Waals surface area contributed by atoms with Crippen LogP contribution in [-0.2, 0) is 19.1 Å². The highest BCUT2D eigenvalue weighted by Gasteiger charge is 2.15.